The monoisotopic (exact) mass is 320 g/mol. The molecule has 8 heteroatoms. The number of rotatable bonds is 3. The molecular weight excluding hydrogens is 308 g/mol. The van der Waals surface area contributed by atoms with E-state index in [1.165, 1.54) is 22.5 Å². The summed E-state index contributed by atoms with van der Waals surface area (Å²) < 4.78 is 32.2. The predicted octanol–water partition coefficient (Wildman–Crippen LogP) is 2.18. The van der Waals surface area contributed by atoms with Crippen molar-refractivity contribution in [2.45, 2.75) is 4.90 Å². The highest BCUT2D eigenvalue weighted by Crippen LogP contribution is 2.35. The van der Waals surface area contributed by atoms with Crippen LogP contribution in [0.25, 0.3) is 0 Å². The zero-order valence-electron chi connectivity index (χ0n) is 11.4. The quantitative estimate of drug-likeness (QED) is 0.638. The van der Waals surface area contributed by atoms with Crippen LogP contribution in [-0.2, 0) is 10.0 Å². The predicted molar refractivity (Wildman–Crippen MR) is 79.6 cm³/mol. The van der Waals surface area contributed by atoms with E-state index in [4.69, 9.17) is 4.74 Å². The van der Waals surface area contributed by atoms with E-state index in [0.717, 1.165) is 6.07 Å². The average molecular weight is 320 g/mol. The molecule has 2 aromatic carbocycles. The summed E-state index contributed by atoms with van der Waals surface area (Å²) in [5, 5.41) is 10.8. The smallest absolute Gasteiger partial charge is 0.270 e. The van der Waals surface area contributed by atoms with Gasteiger partial charge in [0.05, 0.1) is 22.1 Å². The maximum Gasteiger partial charge on any atom is 0.270 e. The summed E-state index contributed by atoms with van der Waals surface area (Å²) in [4.78, 5) is 10.1. The molecule has 0 atom stereocenters. The number of nitro benzene ring substituents is 1. The van der Waals surface area contributed by atoms with Gasteiger partial charge in [-0.3, -0.25) is 14.4 Å². The van der Waals surface area contributed by atoms with Crippen molar-refractivity contribution in [1.29, 1.82) is 0 Å². The Morgan fingerprint density at radius 2 is 1.91 bits per heavy atom. The Morgan fingerprint density at radius 1 is 1.14 bits per heavy atom. The van der Waals surface area contributed by atoms with Crippen LogP contribution in [0.1, 0.15) is 0 Å². The van der Waals surface area contributed by atoms with Crippen LogP contribution in [0.15, 0.2) is 53.4 Å². The minimum atomic E-state index is -3.88. The van der Waals surface area contributed by atoms with Gasteiger partial charge < -0.3 is 4.74 Å². The Balaban J connectivity index is 2.08. The van der Waals surface area contributed by atoms with Gasteiger partial charge in [0.2, 0.25) is 0 Å². The molecule has 2 aromatic rings. The number of sulfonamides is 1. The molecule has 0 saturated carbocycles. The number of hydrogen-bond acceptors (Lipinski definition) is 5. The first kappa shape index (κ1) is 14.3. The van der Waals surface area contributed by atoms with Crippen LogP contribution >= 0.6 is 0 Å². The van der Waals surface area contributed by atoms with Gasteiger partial charge in [-0.1, -0.05) is 18.2 Å². The summed E-state index contributed by atoms with van der Waals surface area (Å²) in [7, 11) is -3.88. The second kappa shape index (κ2) is 5.30. The Hall–Kier alpha value is -2.61. The lowest BCUT2D eigenvalue weighted by molar-refractivity contribution is -0.385. The van der Waals surface area contributed by atoms with Crippen molar-refractivity contribution in [3.05, 3.63) is 58.6 Å². The van der Waals surface area contributed by atoms with Crippen LogP contribution in [0, 0.1) is 10.1 Å². The van der Waals surface area contributed by atoms with Crippen LogP contribution in [0.4, 0.5) is 11.4 Å². The van der Waals surface area contributed by atoms with Crippen molar-refractivity contribution in [1.82, 2.24) is 0 Å². The van der Waals surface area contributed by atoms with Crippen molar-refractivity contribution in [2.75, 3.05) is 17.5 Å². The number of fused-ring (bicyclic) bond motifs is 1. The van der Waals surface area contributed by atoms with E-state index in [2.05, 4.69) is 0 Å². The fourth-order valence-electron chi connectivity index (χ4n) is 2.28. The standard InChI is InChI=1S/C14H12N2O5S/c17-16(18)11-4-3-5-12(10-11)22(19,20)15-8-9-21-14-7-2-1-6-13(14)15/h1-7,10H,8-9H2. The summed E-state index contributed by atoms with van der Waals surface area (Å²) in [6, 6.07) is 11.8. The van der Waals surface area contributed by atoms with Gasteiger partial charge in [0.25, 0.3) is 15.7 Å². The Labute approximate surface area is 126 Å². The topological polar surface area (TPSA) is 89.8 Å². The minimum absolute atomic E-state index is 0.113. The SMILES string of the molecule is O=[N+]([O-])c1cccc(S(=O)(=O)N2CCOc3ccccc32)c1. The summed E-state index contributed by atoms with van der Waals surface area (Å²) in [6.07, 6.45) is 0. The molecule has 7 nitrogen and oxygen atoms in total. The van der Waals surface area contributed by atoms with Gasteiger partial charge in [-0.25, -0.2) is 8.42 Å². The van der Waals surface area contributed by atoms with Crippen molar-refractivity contribution in [3.8, 4) is 5.75 Å². The van der Waals surface area contributed by atoms with Gasteiger partial charge in [-0.05, 0) is 18.2 Å². The molecule has 0 spiro atoms. The van der Waals surface area contributed by atoms with Gasteiger partial charge in [0.15, 0.2) is 0 Å². The van der Waals surface area contributed by atoms with E-state index >= 15 is 0 Å². The number of para-hydroxylation sites is 2. The highest BCUT2D eigenvalue weighted by atomic mass is 32.2. The first-order valence-corrected chi connectivity index (χ1v) is 7.93. The Morgan fingerprint density at radius 3 is 2.68 bits per heavy atom. The molecule has 0 unspecified atom stereocenters. The zero-order valence-corrected chi connectivity index (χ0v) is 12.2. The van der Waals surface area contributed by atoms with Crippen LogP contribution in [0.3, 0.4) is 0 Å². The molecule has 1 aliphatic rings. The van der Waals surface area contributed by atoms with Crippen molar-refractivity contribution >= 4 is 21.4 Å². The molecule has 0 N–H and O–H groups in total. The maximum atomic E-state index is 12.8. The Kier molecular flexibility index (Phi) is 3.45. The minimum Gasteiger partial charge on any atom is -0.489 e. The molecule has 0 aromatic heterocycles. The molecule has 0 bridgehead atoms. The summed E-state index contributed by atoms with van der Waals surface area (Å²) in [6.45, 7) is 0.382. The third kappa shape index (κ3) is 2.37. The fraction of sp³-hybridized carbons (Fsp3) is 0.143. The van der Waals surface area contributed by atoms with Crippen LogP contribution in [0.5, 0.6) is 5.75 Å². The van der Waals surface area contributed by atoms with Crippen LogP contribution in [-0.4, -0.2) is 26.5 Å². The average Bonchev–Trinajstić information content (AvgIpc) is 2.54. The van der Waals surface area contributed by atoms with Gasteiger partial charge >= 0.3 is 0 Å². The number of nitrogens with zero attached hydrogens (tertiary/aromatic N) is 2. The molecule has 0 amide bonds. The molecule has 22 heavy (non-hydrogen) atoms. The van der Waals surface area contributed by atoms with E-state index in [1.54, 1.807) is 24.3 Å². The molecule has 3 rings (SSSR count). The van der Waals surface area contributed by atoms with E-state index in [0.29, 0.717) is 11.4 Å². The van der Waals surface area contributed by atoms with E-state index in [-0.39, 0.29) is 23.7 Å². The zero-order chi connectivity index (χ0) is 15.7. The highest BCUT2D eigenvalue weighted by molar-refractivity contribution is 7.92. The van der Waals surface area contributed by atoms with Gasteiger partial charge in [0, 0.05) is 12.1 Å². The lowest BCUT2D eigenvalue weighted by atomic mass is 10.2. The van der Waals surface area contributed by atoms with Gasteiger partial charge in [-0.2, -0.15) is 0 Å². The van der Waals surface area contributed by atoms with E-state index in [9.17, 15) is 18.5 Å². The van der Waals surface area contributed by atoms with Gasteiger partial charge in [0.1, 0.15) is 12.4 Å². The maximum absolute atomic E-state index is 12.8. The summed E-state index contributed by atoms with van der Waals surface area (Å²) in [5.74, 6) is 0.475. The number of anilines is 1. The normalized spacial score (nSPS) is 14.1. The first-order chi connectivity index (χ1) is 10.5. The second-order valence-corrected chi connectivity index (χ2v) is 6.51. The molecule has 1 heterocycles. The number of non-ortho nitro benzene ring substituents is 1. The number of benzene rings is 2. The first-order valence-electron chi connectivity index (χ1n) is 6.49. The Bertz CT molecular complexity index is 835. The summed E-state index contributed by atoms with van der Waals surface area (Å²) in [5.41, 5.74) is 0.169. The van der Waals surface area contributed by atoms with Crippen LogP contribution in [0.2, 0.25) is 0 Å². The third-order valence-corrected chi connectivity index (χ3v) is 5.11. The number of nitro groups is 1. The molecule has 0 saturated heterocycles. The van der Waals surface area contributed by atoms with Crippen molar-refractivity contribution in [2.24, 2.45) is 0 Å². The third-order valence-electron chi connectivity index (χ3n) is 3.30. The highest BCUT2D eigenvalue weighted by Gasteiger charge is 2.30. The van der Waals surface area contributed by atoms with Crippen molar-refractivity contribution < 1.29 is 18.1 Å². The number of hydrogen-bond donors (Lipinski definition) is 0. The number of ether oxygens (including phenoxy) is 1. The molecule has 0 radical (unpaired) electrons. The van der Waals surface area contributed by atoms with Crippen LogP contribution < -0.4 is 9.04 Å². The lowest BCUT2D eigenvalue weighted by Gasteiger charge is -2.30. The van der Waals surface area contributed by atoms with Gasteiger partial charge in [-0.15, -0.1) is 0 Å². The second-order valence-electron chi connectivity index (χ2n) is 4.65. The van der Waals surface area contributed by atoms with Crippen molar-refractivity contribution in [3.63, 3.8) is 0 Å². The summed E-state index contributed by atoms with van der Waals surface area (Å²) >= 11 is 0. The molecular formula is C14H12N2O5S. The fourth-order valence-corrected chi connectivity index (χ4v) is 3.78. The lowest BCUT2D eigenvalue weighted by Crippen LogP contribution is -2.37. The molecule has 1 aliphatic heterocycles. The van der Waals surface area contributed by atoms with E-state index in [1.807, 2.05) is 0 Å². The van der Waals surface area contributed by atoms with E-state index < -0.39 is 14.9 Å². The molecule has 114 valence electrons. The molecule has 0 aliphatic carbocycles. The largest absolute Gasteiger partial charge is 0.489 e. The molecule has 0 fully saturated rings.